The lowest BCUT2D eigenvalue weighted by Crippen LogP contribution is -2.52. The van der Waals surface area contributed by atoms with Gasteiger partial charge < -0.3 is 10.2 Å². The van der Waals surface area contributed by atoms with Crippen LogP contribution in [0.3, 0.4) is 0 Å². The Bertz CT molecular complexity index is 663. The molecule has 0 bridgehead atoms. The fourth-order valence-corrected chi connectivity index (χ4v) is 3.51. The highest BCUT2D eigenvalue weighted by Gasteiger charge is 2.23. The van der Waals surface area contributed by atoms with Crippen molar-refractivity contribution in [1.82, 2.24) is 10.3 Å². The van der Waals surface area contributed by atoms with Crippen molar-refractivity contribution in [2.24, 2.45) is 0 Å². The molecule has 1 aliphatic rings. The molecule has 1 amide bonds. The van der Waals surface area contributed by atoms with Crippen LogP contribution in [0.5, 0.6) is 0 Å². The van der Waals surface area contributed by atoms with E-state index in [1.54, 1.807) is 11.3 Å². The lowest BCUT2D eigenvalue weighted by atomic mass is 10.0. The quantitative estimate of drug-likeness (QED) is 0.945. The van der Waals surface area contributed by atoms with Gasteiger partial charge in [0.25, 0.3) is 0 Å². The normalized spacial score (nSPS) is 18.6. The van der Waals surface area contributed by atoms with Crippen LogP contribution < -0.4 is 10.2 Å². The average molecular weight is 315 g/mol. The van der Waals surface area contributed by atoms with Gasteiger partial charge in [0.15, 0.2) is 5.13 Å². The molecule has 2 aromatic rings. The summed E-state index contributed by atoms with van der Waals surface area (Å²) in [5.74, 6) is 0.602. The van der Waals surface area contributed by atoms with E-state index in [0.717, 1.165) is 22.9 Å². The lowest BCUT2D eigenvalue weighted by molar-refractivity contribution is -0.121. The summed E-state index contributed by atoms with van der Waals surface area (Å²) in [6, 6.07) is 8.74. The maximum absolute atomic E-state index is 11.7. The summed E-state index contributed by atoms with van der Waals surface area (Å²) < 4.78 is 0. The number of benzene rings is 1. The maximum Gasteiger partial charge on any atom is 0.239 e. The van der Waals surface area contributed by atoms with Gasteiger partial charge in [-0.25, -0.2) is 4.98 Å². The Morgan fingerprint density at radius 2 is 2.05 bits per heavy atom. The summed E-state index contributed by atoms with van der Waals surface area (Å²) in [5.41, 5.74) is 3.44. The Hall–Kier alpha value is -1.88. The van der Waals surface area contributed by atoms with Gasteiger partial charge in [0.1, 0.15) is 0 Å². The molecule has 0 saturated carbocycles. The molecule has 1 atom stereocenters. The van der Waals surface area contributed by atoms with E-state index in [0.29, 0.717) is 12.5 Å². The molecule has 116 valence electrons. The number of carbonyl (C=O) groups is 1. The Balaban J connectivity index is 1.79. The van der Waals surface area contributed by atoms with E-state index in [2.05, 4.69) is 53.7 Å². The number of carbonyl (C=O) groups excluding carboxylic acids is 1. The van der Waals surface area contributed by atoms with Crippen LogP contribution >= 0.6 is 11.3 Å². The summed E-state index contributed by atoms with van der Waals surface area (Å²) in [7, 11) is 0. The third-order valence-electron chi connectivity index (χ3n) is 3.87. The number of hydrogen-bond acceptors (Lipinski definition) is 4. The Morgan fingerprint density at radius 1 is 1.32 bits per heavy atom. The largest absolute Gasteiger partial charge is 0.350 e. The highest BCUT2D eigenvalue weighted by atomic mass is 32.1. The van der Waals surface area contributed by atoms with Crippen molar-refractivity contribution in [3.05, 3.63) is 35.2 Å². The molecule has 0 radical (unpaired) electrons. The van der Waals surface area contributed by atoms with E-state index in [-0.39, 0.29) is 11.9 Å². The van der Waals surface area contributed by atoms with E-state index >= 15 is 0 Å². The SMILES string of the molecule is CC1CN(c2nc(-c3ccc(C(C)C)cc3)cs2)CC(=O)N1. The van der Waals surface area contributed by atoms with Crippen molar-refractivity contribution in [3.63, 3.8) is 0 Å². The molecule has 1 saturated heterocycles. The van der Waals surface area contributed by atoms with Gasteiger partial charge in [0, 0.05) is 23.5 Å². The first kappa shape index (κ1) is 15.0. The molecule has 1 aliphatic heterocycles. The summed E-state index contributed by atoms with van der Waals surface area (Å²) in [6.07, 6.45) is 0. The third-order valence-corrected chi connectivity index (χ3v) is 4.77. The van der Waals surface area contributed by atoms with E-state index in [1.807, 2.05) is 6.92 Å². The van der Waals surface area contributed by atoms with E-state index in [1.165, 1.54) is 5.56 Å². The number of anilines is 1. The van der Waals surface area contributed by atoms with Gasteiger partial charge in [-0.1, -0.05) is 38.1 Å². The monoisotopic (exact) mass is 315 g/mol. The molecule has 1 aromatic carbocycles. The molecular formula is C17H21N3OS. The molecular weight excluding hydrogens is 294 g/mol. The lowest BCUT2D eigenvalue weighted by Gasteiger charge is -2.30. The minimum absolute atomic E-state index is 0.0665. The first-order valence-electron chi connectivity index (χ1n) is 7.63. The summed E-state index contributed by atoms with van der Waals surface area (Å²) in [6.45, 7) is 7.61. The molecule has 1 unspecified atom stereocenters. The second-order valence-electron chi connectivity index (χ2n) is 6.14. The topological polar surface area (TPSA) is 45.2 Å². The standard InChI is InChI=1S/C17H21N3OS/c1-11(2)13-4-6-14(7-5-13)15-10-22-17(19-15)20-8-12(3)18-16(21)9-20/h4-7,10-12H,8-9H2,1-3H3,(H,18,21). The number of piperazine rings is 1. The predicted octanol–water partition coefficient (Wildman–Crippen LogP) is 3.26. The molecule has 5 heteroatoms. The Kier molecular flexibility index (Phi) is 4.16. The number of thiazole rings is 1. The fourth-order valence-electron chi connectivity index (χ4n) is 2.66. The van der Waals surface area contributed by atoms with Gasteiger partial charge in [-0.15, -0.1) is 11.3 Å². The van der Waals surface area contributed by atoms with Gasteiger partial charge in [-0.2, -0.15) is 0 Å². The molecule has 2 heterocycles. The second kappa shape index (κ2) is 6.08. The van der Waals surface area contributed by atoms with Crippen molar-refractivity contribution in [2.75, 3.05) is 18.0 Å². The second-order valence-corrected chi connectivity index (χ2v) is 6.98. The van der Waals surface area contributed by atoms with Crippen LogP contribution in [0.15, 0.2) is 29.6 Å². The van der Waals surface area contributed by atoms with E-state index in [4.69, 9.17) is 4.98 Å². The molecule has 3 rings (SSSR count). The smallest absolute Gasteiger partial charge is 0.239 e. The Labute approximate surface area is 135 Å². The van der Waals surface area contributed by atoms with Crippen LogP contribution in [0.1, 0.15) is 32.3 Å². The molecule has 4 nitrogen and oxygen atoms in total. The zero-order chi connectivity index (χ0) is 15.7. The number of rotatable bonds is 3. The number of hydrogen-bond donors (Lipinski definition) is 1. The van der Waals surface area contributed by atoms with Crippen LogP contribution in [-0.2, 0) is 4.79 Å². The van der Waals surface area contributed by atoms with Crippen molar-refractivity contribution < 1.29 is 4.79 Å². The van der Waals surface area contributed by atoms with Crippen LogP contribution in [0.4, 0.5) is 5.13 Å². The summed E-state index contributed by atoms with van der Waals surface area (Å²) in [4.78, 5) is 18.4. The zero-order valence-corrected chi connectivity index (χ0v) is 14.0. The van der Waals surface area contributed by atoms with Gasteiger partial charge in [-0.05, 0) is 18.4 Å². The molecule has 1 N–H and O–H groups in total. The molecule has 22 heavy (non-hydrogen) atoms. The van der Waals surface area contributed by atoms with Gasteiger partial charge in [-0.3, -0.25) is 4.79 Å². The first-order chi connectivity index (χ1) is 10.5. The summed E-state index contributed by atoms with van der Waals surface area (Å²) in [5, 5.41) is 5.92. The van der Waals surface area contributed by atoms with E-state index < -0.39 is 0 Å². The number of nitrogens with zero attached hydrogens (tertiary/aromatic N) is 2. The number of amides is 1. The number of aromatic nitrogens is 1. The molecule has 1 fully saturated rings. The third kappa shape index (κ3) is 3.14. The van der Waals surface area contributed by atoms with Crippen molar-refractivity contribution in [3.8, 4) is 11.3 Å². The van der Waals surface area contributed by atoms with Crippen LogP contribution in [-0.4, -0.2) is 30.0 Å². The van der Waals surface area contributed by atoms with Gasteiger partial charge in [0.05, 0.1) is 12.2 Å². The maximum atomic E-state index is 11.7. The molecule has 0 spiro atoms. The Morgan fingerprint density at radius 3 is 2.68 bits per heavy atom. The highest BCUT2D eigenvalue weighted by Crippen LogP contribution is 2.29. The fraction of sp³-hybridized carbons (Fsp3) is 0.412. The van der Waals surface area contributed by atoms with Crippen molar-refractivity contribution in [2.45, 2.75) is 32.7 Å². The highest BCUT2D eigenvalue weighted by molar-refractivity contribution is 7.14. The van der Waals surface area contributed by atoms with Crippen LogP contribution in [0.25, 0.3) is 11.3 Å². The van der Waals surface area contributed by atoms with Crippen LogP contribution in [0.2, 0.25) is 0 Å². The minimum Gasteiger partial charge on any atom is -0.350 e. The zero-order valence-electron chi connectivity index (χ0n) is 13.2. The predicted molar refractivity (Wildman–Crippen MR) is 91.5 cm³/mol. The first-order valence-corrected chi connectivity index (χ1v) is 8.51. The summed E-state index contributed by atoms with van der Waals surface area (Å²) >= 11 is 1.60. The molecule has 0 aliphatic carbocycles. The van der Waals surface area contributed by atoms with Gasteiger partial charge in [0.2, 0.25) is 5.91 Å². The van der Waals surface area contributed by atoms with Crippen molar-refractivity contribution in [1.29, 1.82) is 0 Å². The average Bonchev–Trinajstić information content (AvgIpc) is 2.96. The van der Waals surface area contributed by atoms with Gasteiger partial charge >= 0.3 is 0 Å². The minimum atomic E-state index is 0.0665. The number of nitrogens with one attached hydrogen (secondary N) is 1. The van der Waals surface area contributed by atoms with Crippen molar-refractivity contribution >= 4 is 22.4 Å². The van der Waals surface area contributed by atoms with E-state index in [9.17, 15) is 4.79 Å². The molecule has 1 aromatic heterocycles. The van der Waals surface area contributed by atoms with Crippen LogP contribution in [0, 0.1) is 0 Å².